The lowest BCUT2D eigenvalue weighted by molar-refractivity contribution is -0.119. The first-order chi connectivity index (χ1) is 14.3. The van der Waals surface area contributed by atoms with E-state index in [2.05, 4.69) is 15.4 Å². The summed E-state index contributed by atoms with van der Waals surface area (Å²) in [6, 6.07) is 13.1. The number of hydrogen-bond donors (Lipinski definition) is 1. The summed E-state index contributed by atoms with van der Waals surface area (Å²) in [6.45, 7) is 1.27. The maximum atomic E-state index is 12.2. The Morgan fingerprint density at radius 2 is 1.83 bits per heavy atom. The van der Waals surface area contributed by atoms with Gasteiger partial charge in [-0.05, 0) is 24.6 Å². The van der Waals surface area contributed by atoms with Gasteiger partial charge in [0.1, 0.15) is 0 Å². The van der Waals surface area contributed by atoms with Gasteiger partial charge in [-0.2, -0.15) is 5.10 Å². The minimum Gasteiger partial charge on any atom is -0.451 e. The minimum absolute atomic E-state index is 0.100. The van der Waals surface area contributed by atoms with Crippen LogP contribution in [0.1, 0.15) is 21.7 Å². The summed E-state index contributed by atoms with van der Waals surface area (Å²) in [7, 11) is 0. The Bertz CT molecular complexity index is 1150. The van der Waals surface area contributed by atoms with Gasteiger partial charge in [0.25, 0.3) is 11.5 Å². The fourth-order valence-electron chi connectivity index (χ4n) is 2.45. The highest BCUT2D eigenvalue weighted by Gasteiger charge is 2.15. The van der Waals surface area contributed by atoms with Crippen LogP contribution in [-0.4, -0.2) is 33.2 Å². The van der Waals surface area contributed by atoms with Gasteiger partial charge in [-0.15, -0.1) is 0 Å². The van der Waals surface area contributed by atoms with Gasteiger partial charge < -0.3 is 10.1 Å². The molecule has 0 unspecified atom stereocenters. The Labute approximate surface area is 181 Å². The molecule has 8 nitrogen and oxygen atoms in total. The summed E-state index contributed by atoms with van der Waals surface area (Å²) in [5, 5.41) is 6.97. The van der Waals surface area contributed by atoms with E-state index < -0.39 is 18.5 Å². The number of halogens is 2. The van der Waals surface area contributed by atoms with Crippen LogP contribution >= 0.6 is 23.2 Å². The van der Waals surface area contributed by atoms with Crippen LogP contribution in [0.3, 0.4) is 0 Å². The Kier molecular flexibility index (Phi) is 6.81. The molecule has 1 N–H and O–H groups in total. The molecule has 0 bridgehead atoms. The van der Waals surface area contributed by atoms with Gasteiger partial charge in [0, 0.05) is 6.07 Å². The third-order valence-electron chi connectivity index (χ3n) is 3.95. The molecule has 0 atom stereocenters. The molecule has 0 fully saturated rings. The molecular weight excluding hydrogens is 431 g/mol. The zero-order chi connectivity index (χ0) is 21.7. The number of rotatable bonds is 6. The molecule has 0 saturated carbocycles. The average molecular weight is 447 g/mol. The lowest BCUT2D eigenvalue weighted by atomic mass is 10.2. The number of nitrogens with zero attached hydrogens (tertiary/aromatic N) is 3. The van der Waals surface area contributed by atoms with Crippen molar-refractivity contribution in [3.63, 3.8) is 0 Å². The highest BCUT2D eigenvalue weighted by molar-refractivity contribution is 6.36. The highest BCUT2D eigenvalue weighted by Crippen LogP contribution is 2.25. The van der Waals surface area contributed by atoms with Crippen LogP contribution in [0.15, 0.2) is 53.3 Å². The summed E-state index contributed by atoms with van der Waals surface area (Å²) in [5.74, 6) is -1.38. The summed E-state index contributed by atoms with van der Waals surface area (Å²) in [5.41, 5.74) is 0.863. The largest absolute Gasteiger partial charge is 0.451 e. The number of carbonyl (C=O) groups excluding carboxylic acids is 2. The van der Waals surface area contributed by atoms with E-state index in [1.54, 1.807) is 6.92 Å². The number of hydrogen-bond acceptors (Lipinski definition) is 6. The molecular formula is C20H16Cl2N4O4. The van der Waals surface area contributed by atoms with Crippen molar-refractivity contribution in [3.05, 3.63) is 85.9 Å². The molecule has 0 saturated heterocycles. The summed E-state index contributed by atoms with van der Waals surface area (Å²) < 4.78 is 6.12. The van der Waals surface area contributed by atoms with Crippen molar-refractivity contribution in [1.82, 2.24) is 14.8 Å². The van der Waals surface area contributed by atoms with E-state index in [1.165, 1.54) is 18.2 Å². The smallest absolute Gasteiger partial charge is 0.359 e. The Morgan fingerprint density at radius 1 is 1.10 bits per heavy atom. The van der Waals surface area contributed by atoms with Gasteiger partial charge in [0.05, 0.1) is 22.3 Å². The Morgan fingerprint density at radius 3 is 2.57 bits per heavy atom. The van der Waals surface area contributed by atoms with Crippen molar-refractivity contribution in [2.75, 3.05) is 11.9 Å². The average Bonchev–Trinajstić information content (AvgIpc) is 2.72. The van der Waals surface area contributed by atoms with Crippen LogP contribution in [0.25, 0.3) is 0 Å². The summed E-state index contributed by atoms with van der Waals surface area (Å²) in [6.07, 6.45) is 0. The lowest BCUT2D eigenvalue weighted by Crippen LogP contribution is -2.27. The molecule has 1 amide bonds. The van der Waals surface area contributed by atoms with Gasteiger partial charge in [0.15, 0.2) is 18.1 Å². The second-order valence-electron chi connectivity index (χ2n) is 6.21. The van der Waals surface area contributed by atoms with Gasteiger partial charge in [-0.1, -0.05) is 53.5 Å². The van der Waals surface area contributed by atoms with Crippen molar-refractivity contribution in [2.45, 2.75) is 13.5 Å². The van der Waals surface area contributed by atoms with Crippen molar-refractivity contribution < 1.29 is 14.3 Å². The number of ether oxygens (including phenoxy) is 1. The molecule has 3 aromatic rings. The van der Waals surface area contributed by atoms with Crippen LogP contribution in [0.4, 0.5) is 5.82 Å². The van der Waals surface area contributed by atoms with Crippen LogP contribution in [0.2, 0.25) is 10.0 Å². The quantitative estimate of drug-likeness (QED) is 0.583. The monoisotopic (exact) mass is 446 g/mol. The van der Waals surface area contributed by atoms with E-state index in [9.17, 15) is 14.4 Å². The summed E-state index contributed by atoms with van der Waals surface area (Å²) >= 11 is 11.9. The standard InChI is InChI=1S/C20H16Cl2N4O4/c1-12-14(21)9-15(22)19(23-12)24-17(27)11-30-20(29)16-7-8-18(28)26(25-16)10-13-5-3-2-4-6-13/h2-9H,10-11H2,1H3,(H,23,24,27). The molecule has 0 aliphatic carbocycles. The van der Waals surface area contributed by atoms with Crippen molar-refractivity contribution in [1.29, 1.82) is 0 Å². The maximum absolute atomic E-state index is 12.2. The van der Waals surface area contributed by atoms with Crippen molar-refractivity contribution in [3.8, 4) is 0 Å². The van der Waals surface area contributed by atoms with Gasteiger partial charge in [-0.25, -0.2) is 14.5 Å². The fraction of sp³-hybridized carbons (Fsp3) is 0.150. The van der Waals surface area contributed by atoms with Crippen molar-refractivity contribution >= 4 is 40.9 Å². The zero-order valence-corrected chi connectivity index (χ0v) is 17.3. The lowest BCUT2D eigenvalue weighted by Gasteiger charge is -2.09. The SMILES string of the molecule is Cc1nc(NC(=O)COC(=O)c2ccc(=O)n(Cc3ccccc3)n2)c(Cl)cc1Cl. The molecule has 3 rings (SSSR count). The molecule has 30 heavy (non-hydrogen) atoms. The topological polar surface area (TPSA) is 103 Å². The van der Waals surface area contributed by atoms with E-state index >= 15 is 0 Å². The predicted octanol–water partition coefficient (Wildman–Crippen LogP) is 3.10. The number of carbonyl (C=O) groups is 2. The number of aryl methyl sites for hydroxylation is 1. The number of benzene rings is 1. The predicted molar refractivity (Wildman–Crippen MR) is 112 cm³/mol. The molecule has 0 aliphatic heterocycles. The third kappa shape index (κ3) is 5.43. The van der Waals surface area contributed by atoms with Crippen LogP contribution in [0.5, 0.6) is 0 Å². The number of pyridine rings is 1. The second kappa shape index (κ2) is 9.51. The molecule has 0 spiro atoms. The van der Waals surface area contributed by atoms with Crippen LogP contribution < -0.4 is 10.9 Å². The number of aromatic nitrogens is 3. The van der Waals surface area contributed by atoms with Gasteiger partial charge >= 0.3 is 5.97 Å². The first kappa shape index (κ1) is 21.5. The number of nitrogens with one attached hydrogen (secondary N) is 1. The summed E-state index contributed by atoms with van der Waals surface area (Å²) in [4.78, 5) is 40.4. The normalized spacial score (nSPS) is 10.5. The molecule has 2 heterocycles. The van der Waals surface area contributed by atoms with E-state index in [4.69, 9.17) is 27.9 Å². The first-order valence-corrected chi connectivity index (χ1v) is 9.51. The van der Waals surface area contributed by atoms with Crippen LogP contribution in [-0.2, 0) is 16.1 Å². The van der Waals surface area contributed by atoms with Gasteiger partial charge in [0.2, 0.25) is 0 Å². The number of amides is 1. The second-order valence-corrected chi connectivity index (χ2v) is 7.02. The van der Waals surface area contributed by atoms with Crippen molar-refractivity contribution in [2.24, 2.45) is 0 Å². The van der Waals surface area contributed by atoms with E-state index in [1.807, 2.05) is 30.3 Å². The van der Waals surface area contributed by atoms with E-state index in [-0.39, 0.29) is 28.6 Å². The molecule has 2 aromatic heterocycles. The first-order valence-electron chi connectivity index (χ1n) is 8.75. The fourth-order valence-corrected chi connectivity index (χ4v) is 2.85. The molecule has 0 radical (unpaired) electrons. The Balaban J connectivity index is 1.63. The third-order valence-corrected chi connectivity index (χ3v) is 4.62. The van der Waals surface area contributed by atoms with E-state index in [0.29, 0.717) is 10.7 Å². The zero-order valence-electron chi connectivity index (χ0n) is 15.8. The number of esters is 1. The molecule has 0 aliphatic rings. The number of anilines is 1. The van der Waals surface area contributed by atoms with E-state index in [0.717, 1.165) is 10.2 Å². The molecule has 1 aromatic carbocycles. The minimum atomic E-state index is -0.849. The molecule has 154 valence electrons. The maximum Gasteiger partial charge on any atom is 0.359 e. The van der Waals surface area contributed by atoms with Crippen LogP contribution in [0, 0.1) is 6.92 Å². The van der Waals surface area contributed by atoms with Gasteiger partial charge in [-0.3, -0.25) is 9.59 Å². The Hall–Kier alpha value is -3.23. The highest BCUT2D eigenvalue weighted by atomic mass is 35.5. The molecule has 10 heteroatoms.